The van der Waals surface area contributed by atoms with Crippen molar-refractivity contribution in [3.63, 3.8) is 0 Å². The van der Waals surface area contributed by atoms with Crippen LogP contribution in [-0.4, -0.2) is 5.78 Å². The highest BCUT2D eigenvalue weighted by atomic mass is 79.9. The summed E-state index contributed by atoms with van der Waals surface area (Å²) in [6, 6.07) is 9.12. The first-order valence-electron chi connectivity index (χ1n) is 4.52. The summed E-state index contributed by atoms with van der Waals surface area (Å²) >= 11 is 3.24. The lowest BCUT2D eigenvalue weighted by molar-refractivity contribution is 0.101. The second kappa shape index (κ2) is 4.03. The van der Waals surface area contributed by atoms with Crippen molar-refractivity contribution in [2.24, 2.45) is 0 Å². The molecule has 0 aliphatic heterocycles. The maximum atomic E-state index is 11.9. The number of rotatable bonds is 2. The first kappa shape index (κ1) is 10.2. The lowest BCUT2D eigenvalue weighted by Gasteiger charge is -1.98. The summed E-state index contributed by atoms with van der Waals surface area (Å²) in [6.45, 7) is 1.95. The number of aryl methyl sites for hydroxylation is 1. The molecule has 0 saturated carbocycles. The molecule has 76 valence electrons. The van der Waals surface area contributed by atoms with Crippen molar-refractivity contribution in [2.75, 3.05) is 0 Å². The average Bonchev–Trinajstić information content (AvgIpc) is 2.64. The molecule has 2 nitrogen and oxygen atoms in total. The van der Waals surface area contributed by atoms with Crippen molar-refractivity contribution in [3.05, 3.63) is 58.0 Å². The molecule has 0 aliphatic carbocycles. The highest BCUT2D eigenvalue weighted by Gasteiger charge is 2.12. The van der Waals surface area contributed by atoms with Gasteiger partial charge in [0.15, 0.2) is 5.76 Å². The molecule has 15 heavy (non-hydrogen) atoms. The van der Waals surface area contributed by atoms with E-state index in [1.165, 1.54) is 6.26 Å². The predicted molar refractivity (Wildman–Crippen MR) is 61.0 cm³/mol. The topological polar surface area (TPSA) is 30.2 Å². The van der Waals surface area contributed by atoms with E-state index in [0.717, 1.165) is 10.0 Å². The van der Waals surface area contributed by atoms with Crippen molar-refractivity contribution in [1.82, 2.24) is 0 Å². The van der Waals surface area contributed by atoms with Crippen molar-refractivity contribution < 1.29 is 9.21 Å². The van der Waals surface area contributed by atoms with Crippen LogP contribution in [0.4, 0.5) is 0 Å². The van der Waals surface area contributed by atoms with Crippen LogP contribution in [0.25, 0.3) is 0 Å². The molecule has 0 amide bonds. The molecule has 1 heterocycles. The Labute approximate surface area is 96.0 Å². The van der Waals surface area contributed by atoms with Gasteiger partial charge in [-0.3, -0.25) is 4.79 Å². The third-order valence-electron chi connectivity index (χ3n) is 2.07. The first-order valence-corrected chi connectivity index (χ1v) is 5.31. The predicted octanol–water partition coefficient (Wildman–Crippen LogP) is 3.58. The summed E-state index contributed by atoms with van der Waals surface area (Å²) in [4.78, 5) is 11.9. The van der Waals surface area contributed by atoms with Crippen LogP contribution in [0.3, 0.4) is 0 Å². The minimum Gasteiger partial charge on any atom is -0.460 e. The average molecular weight is 265 g/mol. The number of hydrogen-bond acceptors (Lipinski definition) is 2. The number of ketones is 1. The SMILES string of the molecule is Cc1cccc(C(=O)c2cc(Br)co2)c1. The Bertz CT molecular complexity index is 500. The Hall–Kier alpha value is -1.35. The van der Waals surface area contributed by atoms with E-state index < -0.39 is 0 Å². The number of halogens is 1. The number of carbonyl (C=O) groups excluding carboxylic acids is 1. The van der Waals surface area contributed by atoms with Crippen molar-refractivity contribution in [1.29, 1.82) is 0 Å². The lowest BCUT2D eigenvalue weighted by Crippen LogP contribution is -1.99. The summed E-state index contributed by atoms with van der Waals surface area (Å²) in [5.41, 5.74) is 1.71. The van der Waals surface area contributed by atoms with E-state index in [9.17, 15) is 4.79 Å². The Kier molecular flexibility index (Phi) is 2.73. The van der Waals surface area contributed by atoms with Gasteiger partial charge in [-0.25, -0.2) is 0 Å². The lowest BCUT2D eigenvalue weighted by atomic mass is 10.1. The van der Waals surface area contributed by atoms with Crippen LogP contribution in [0.5, 0.6) is 0 Å². The van der Waals surface area contributed by atoms with Gasteiger partial charge in [0, 0.05) is 11.6 Å². The Balaban J connectivity index is 2.36. The highest BCUT2D eigenvalue weighted by Crippen LogP contribution is 2.17. The number of hydrogen-bond donors (Lipinski definition) is 0. The molecule has 0 N–H and O–H groups in total. The van der Waals surface area contributed by atoms with E-state index in [0.29, 0.717) is 11.3 Å². The zero-order valence-electron chi connectivity index (χ0n) is 8.16. The van der Waals surface area contributed by atoms with Crippen LogP contribution in [0, 0.1) is 6.92 Å². The fourth-order valence-electron chi connectivity index (χ4n) is 1.36. The molecular weight excluding hydrogens is 256 g/mol. The second-order valence-corrected chi connectivity index (χ2v) is 4.24. The van der Waals surface area contributed by atoms with E-state index >= 15 is 0 Å². The van der Waals surface area contributed by atoms with Gasteiger partial charge in [-0.05, 0) is 28.9 Å². The van der Waals surface area contributed by atoms with Crippen LogP contribution < -0.4 is 0 Å². The smallest absolute Gasteiger partial charge is 0.228 e. The van der Waals surface area contributed by atoms with E-state index in [-0.39, 0.29) is 5.78 Å². The van der Waals surface area contributed by atoms with Crippen molar-refractivity contribution >= 4 is 21.7 Å². The summed E-state index contributed by atoms with van der Waals surface area (Å²) < 4.78 is 5.90. The molecule has 0 radical (unpaired) electrons. The summed E-state index contributed by atoms with van der Waals surface area (Å²) in [5.74, 6) is 0.261. The quantitative estimate of drug-likeness (QED) is 0.777. The zero-order valence-corrected chi connectivity index (χ0v) is 9.74. The first-order chi connectivity index (χ1) is 7.16. The van der Waals surface area contributed by atoms with Crippen LogP contribution in [0.2, 0.25) is 0 Å². The van der Waals surface area contributed by atoms with Gasteiger partial charge in [0.25, 0.3) is 0 Å². The van der Waals surface area contributed by atoms with E-state index in [1.807, 2.05) is 25.1 Å². The fraction of sp³-hybridized carbons (Fsp3) is 0.0833. The van der Waals surface area contributed by atoms with E-state index in [2.05, 4.69) is 15.9 Å². The van der Waals surface area contributed by atoms with Crippen molar-refractivity contribution in [2.45, 2.75) is 6.92 Å². The molecule has 1 aromatic heterocycles. The van der Waals surface area contributed by atoms with Crippen LogP contribution in [-0.2, 0) is 0 Å². The Morgan fingerprint density at radius 1 is 1.33 bits per heavy atom. The van der Waals surface area contributed by atoms with Gasteiger partial charge < -0.3 is 4.42 Å². The number of furan rings is 1. The molecule has 0 fully saturated rings. The van der Waals surface area contributed by atoms with Crippen LogP contribution in [0.15, 0.2) is 45.5 Å². The minimum atomic E-state index is -0.0931. The zero-order chi connectivity index (χ0) is 10.8. The van der Waals surface area contributed by atoms with Gasteiger partial charge in [-0.1, -0.05) is 23.8 Å². The van der Waals surface area contributed by atoms with Crippen molar-refractivity contribution in [3.8, 4) is 0 Å². The van der Waals surface area contributed by atoms with Gasteiger partial charge in [0.2, 0.25) is 5.78 Å². The van der Waals surface area contributed by atoms with Gasteiger partial charge in [-0.2, -0.15) is 0 Å². The number of benzene rings is 1. The maximum Gasteiger partial charge on any atom is 0.228 e. The molecular formula is C12H9BrO2. The highest BCUT2D eigenvalue weighted by molar-refractivity contribution is 9.10. The second-order valence-electron chi connectivity index (χ2n) is 3.33. The van der Waals surface area contributed by atoms with Crippen LogP contribution >= 0.6 is 15.9 Å². The molecule has 0 aliphatic rings. The van der Waals surface area contributed by atoms with Gasteiger partial charge >= 0.3 is 0 Å². The standard InChI is InChI=1S/C12H9BrO2/c1-8-3-2-4-9(5-8)12(14)11-6-10(13)7-15-11/h2-7H,1H3. The summed E-state index contributed by atoms with van der Waals surface area (Å²) in [7, 11) is 0. The molecule has 0 bridgehead atoms. The molecule has 0 atom stereocenters. The normalized spacial score (nSPS) is 10.3. The van der Waals surface area contributed by atoms with Crippen LogP contribution in [0.1, 0.15) is 21.7 Å². The molecule has 0 unspecified atom stereocenters. The fourth-order valence-corrected chi connectivity index (χ4v) is 1.66. The summed E-state index contributed by atoms with van der Waals surface area (Å²) in [5, 5.41) is 0. The maximum absolute atomic E-state index is 11.9. The summed E-state index contributed by atoms with van der Waals surface area (Å²) in [6.07, 6.45) is 1.50. The third kappa shape index (κ3) is 2.18. The van der Waals surface area contributed by atoms with Gasteiger partial charge in [-0.15, -0.1) is 0 Å². The molecule has 3 heteroatoms. The largest absolute Gasteiger partial charge is 0.460 e. The molecule has 0 spiro atoms. The molecule has 0 saturated heterocycles. The number of carbonyl (C=O) groups is 1. The van der Waals surface area contributed by atoms with Gasteiger partial charge in [0.05, 0.1) is 4.47 Å². The molecule has 1 aromatic carbocycles. The molecule has 2 rings (SSSR count). The van der Waals surface area contributed by atoms with E-state index in [4.69, 9.17) is 4.42 Å². The molecule has 2 aromatic rings. The Morgan fingerprint density at radius 2 is 2.13 bits per heavy atom. The van der Waals surface area contributed by atoms with E-state index in [1.54, 1.807) is 12.1 Å². The Morgan fingerprint density at radius 3 is 2.73 bits per heavy atom. The monoisotopic (exact) mass is 264 g/mol. The third-order valence-corrected chi connectivity index (χ3v) is 2.49. The van der Waals surface area contributed by atoms with Gasteiger partial charge in [0.1, 0.15) is 6.26 Å². The minimum absolute atomic E-state index is 0.0931.